The van der Waals surface area contributed by atoms with Gasteiger partial charge in [-0.3, -0.25) is 4.90 Å². The van der Waals surface area contributed by atoms with Gasteiger partial charge in [0.15, 0.2) is 11.5 Å². The molecule has 5 rings (SSSR count). The van der Waals surface area contributed by atoms with E-state index >= 15 is 0 Å². The van der Waals surface area contributed by atoms with E-state index in [9.17, 15) is 5.11 Å². The number of hydrogen-bond donors (Lipinski definition) is 1. The van der Waals surface area contributed by atoms with Crippen LogP contribution in [0.1, 0.15) is 17.5 Å². The van der Waals surface area contributed by atoms with E-state index < -0.39 is 5.72 Å². The highest BCUT2D eigenvalue weighted by molar-refractivity contribution is 5.65. The number of hydrogen-bond acceptors (Lipinski definition) is 5. The van der Waals surface area contributed by atoms with Crippen molar-refractivity contribution in [2.75, 3.05) is 44.3 Å². The number of anilines is 1. The highest BCUT2D eigenvalue weighted by atomic mass is 16.6. The Morgan fingerprint density at radius 2 is 1.69 bits per heavy atom. The molecule has 1 N–H and O–H groups in total. The molecule has 26 heavy (non-hydrogen) atoms. The highest BCUT2D eigenvalue weighted by Gasteiger charge is 2.43. The molecule has 0 bridgehead atoms. The second-order valence-corrected chi connectivity index (χ2v) is 7.25. The van der Waals surface area contributed by atoms with E-state index in [1.54, 1.807) is 0 Å². The molecule has 1 saturated heterocycles. The predicted molar refractivity (Wildman–Crippen MR) is 99.9 cm³/mol. The van der Waals surface area contributed by atoms with Crippen LogP contribution >= 0.6 is 0 Å². The molecule has 0 amide bonds. The summed E-state index contributed by atoms with van der Waals surface area (Å²) >= 11 is 0. The Balaban J connectivity index is 1.35. The molecule has 1 unspecified atom stereocenters. The van der Waals surface area contributed by atoms with E-state index in [2.05, 4.69) is 34.1 Å². The van der Waals surface area contributed by atoms with Crippen LogP contribution in [0.5, 0.6) is 11.5 Å². The third-order valence-corrected chi connectivity index (χ3v) is 5.88. The smallest absolute Gasteiger partial charge is 0.184 e. The van der Waals surface area contributed by atoms with E-state index in [0.29, 0.717) is 13.2 Å². The van der Waals surface area contributed by atoms with E-state index in [1.807, 2.05) is 18.2 Å². The van der Waals surface area contributed by atoms with Gasteiger partial charge in [-0.15, -0.1) is 0 Å². The van der Waals surface area contributed by atoms with Gasteiger partial charge in [0, 0.05) is 31.7 Å². The van der Waals surface area contributed by atoms with Gasteiger partial charge in [-0.1, -0.05) is 30.3 Å². The number of nitrogens with zero attached hydrogens (tertiary/aromatic N) is 2. The van der Waals surface area contributed by atoms with Crippen molar-refractivity contribution in [1.29, 1.82) is 0 Å². The highest BCUT2D eigenvalue weighted by Crippen LogP contribution is 2.42. The van der Waals surface area contributed by atoms with Crippen LogP contribution in [-0.2, 0) is 12.1 Å². The normalized spacial score (nSPS) is 25.2. The SMILES string of the molecule is OC1(N2CCN(c3cccc4c3OCCO4)CC2)CCc2ccccc21. The molecule has 5 nitrogen and oxygen atoms in total. The fraction of sp³-hybridized carbons (Fsp3) is 0.429. The molecule has 0 saturated carbocycles. The van der Waals surface area contributed by atoms with Gasteiger partial charge < -0.3 is 19.5 Å². The number of piperazine rings is 1. The number of benzene rings is 2. The Morgan fingerprint density at radius 1 is 0.885 bits per heavy atom. The van der Waals surface area contributed by atoms with Crippen LogP contribution in [0.15, 0.2) is 42.5 Å². The van der Waals surface area contributed by atoms with Crippen LogP contribution in [0.2, 0.25) is 0 Å². The largest absolute Gasteiger partial charge is 0.486 e. The minimum Gasteiger partial charge on any atom is -0.486 e. The van der Waals surface area contributed by atoms with E-state index in [0.717, 1.165) is 61.8 Å². The average Bonchev–Trinajstić information content (AvgIpc) is 3.06. The molecule has 2 aliphatic heterocycles. The van der Waals surface area contributed by atoms with Crippen molar-refractivity contribution in [3.8, 4) is 11.5 Å². The van der Waals surface area contributed by atoms with Crippen molar-refractivity contribution in [2.45, 2.75) is 18.6 Å². The topological polar surface area (TPSA) is 45.2 Å². The molecular formula is C21H24N2O3. The Morgan fingerprint density at radius 3 is 2.58 bits per heavy atom. The van der Waals surface area contributed by atoms with E-state index in [4.69, 9.17) is 9.47 Å². The lowest BCUT2D eigenvalue weighted by Crippen LogP contribution is -2.55. The maximum atomic E-state index is 11.4. The third-order valence-electron chi connectivity index (χ3n) is 5.88. The van der Waals surface area contributed by atoms with E-state index in [1.165, 1.54) is 5.56 Å². The van der Waals surface area contributed by atoms with Crippen molar-refractivity contribution in [2.24, 2.45) is 0 Å². The lowest BCUT2D eigenvalue weighted by molar-refractivity contribution is -0.116. The molecule has 0 aromatic heterocycles. The predicted octanol–water partition coefficient (Wildman–Crippen LogP) is 2.37. The minimum absolute atomic E-state index is 0.598. The molecule has 2 aromatic carbocycles. The molecule has 2 aromatic rings. The molecule has 1 aliphatic carbocycles. The number of para-hydroxylation sites is 1. The summed E-state index contributed by atoms with van der Waals surface area (Å²) in [4.78, 5) is 4.58. The Bertz CT molecular complexity index is 817. The number of fused-ring (bicyclic) bond motifs is 2. The van der Waals surface area contributed by atoms with Gasteiger partial charge in [-0.2, -0.15) is 0 Å². The molecule has 136 valence electrons. The van der Waals surface area contributed by atoms with Gasteiger partial charge >= 0.3 is 0 Å². The molecule has 0 radical (unpaired) electrons. The van der Waals surface area contributed by atoms with Gasteiger partial charge in [0.05, 0.1) is 5.69 Å². The minimum atomic E-state index is -0.821. The lowest BCUT2D eigenvalue weighted by Gasteiger charge is -2.44. The van der Waals surface area contributed by atoms with Crippen LogP contribution in [0.3, 0.4) is 0 Å². The molecule has 1 atom stereocenters. The van der Waals surface area contributed by atoms with Crippen LogP contribution in [0.4, 0.5) is 5.69 Å². The fourth-order valence-electron chi connectivity index (χ4n) is 4.53. The van der Waals surface area contributed by atoms with Crippen LogP contribution in [-0.4, -0.2) is 49.4 Å². The van der Waals surface area contributed by atoms with Gasteiger partial charge in [-0.25, -0.2) is 0 Å². The average molecular weight is 352 g/mol. The first-order valence-corrected chi connectivity index (χ1v) is 9.45. The van der Waals surface area contributed by atoms with Gasteiger partial charge in [0.25, 0.3) is 0 Å². The molecule has 1 fully saturated rings. The summed E-state index contributed by atoms with van der Waals surface area (Å²) in [5.41, 5.74) is 2.64. The van der Waals surface area contributed by atoms with Gasteiger partial charge in [0.1, 0.15) is 18.9 Å². The first-order chi connectivity index (χ1) is 12.8. The summed E-state index contributed by atoms with van der Waals surface area (Å²) in [6.07, 6.45) is 1.73. The number of aliphatic hydroxyl groups is 1. The maximum Gasteiger partial charge on any atom is 0.184 e. The summed E-state index contributed by atoms with van der Waals surface area (Å²) in [7, 11) is 0. The maximum absolute atomic E-state index is 11.4. The standard InChI is InChI=1S/C21H24N2O3/c24-21(9-8-16-4-1-2-5-17(16)21)23-12-10-22(11-13-23)18-6-3-7-19-20(18)26-15-14-25-19/h1-7,24H,8-15H2. The third kappa shape index (κ3) is 2.46. The van der Waals surface area contributed by atoms with Crippen LogP contribution < -0.4 is 14.4 Å². The fourth-order valence-corrected chi connectivity index (χ4v) is 4.53. The molecule has 5 heteroatoms. The zero-order valence-electron chi connectivity index (χ0n) is 14.9. The summed E-state index contributed by atoms with van der Waals surface area (Å²) < 4.78 is 11.6. The zero-order chi connectivity index (χ0) is 17.6. The molecule has 3 aliphatic rings. The molecule has 2 heterocycles. The van der Waals surface area contributed by atoms with E-state index in [-0.39, 0.29) is 0 Å². The Labute approximate surface area is 153 Å². The quantitative estimate of drug-likeness (QED) is 0.899. The number of rotatable bonds is 2. The summed E-state index contributed by atoms with van der Waals surface area (Å²) in [5, 5.41) is 11.4. The van der Waals surface area contributed by atoms with Crippen LogP contribution in [0, 0.1) is 0 Å². The van der Waals surface area contributed by atoms with Crippen molar-refractivity contribution in [3.05, 3.63) is 53.6 Å². The molecular weight excluding hydrogens is 328 g/mol. The first-order valence-electron chi connectivity index (χ1n) is 9.45. The number of ether oxygens (including phenoxy) is 2. The van der Waals surface area contributed by atoms with Gasteiger partial charge in [0.2, 0.25) is 0 Å². The van der Waals surface area contributed by atoms with Crippen molar-refractivity contribution < 1.29 is 14.6 Å². The summed E-state index contributed by atoms with van der Waals surface area (Å²) in [6, 6.07) is 14.4. The zero-order valence-corrected chi connectivity index (χ0v) is 14.9. The summed E-state index contributed by atoms with van der Waals surface area (Å²) in [6.45, 7) is 4.59. The van der Waals surface area contributed by atoms with Crippen molar-refractivity contribution in [3.63, 3.8) is 0 Å². The Hall–Kier alpha value is -2.24. The molecule has 0 spiro atoms. The number of aryl methyl sites for hydroxylation is 1. The van der Waals surface area contributed by atoms with Gasteiger partial charge in [-0.05, 0) is 30.5 Å². The second-order valence-electron chi connectivity index (χ2n) is 7.25. The monoisotopic (exact) mass is 352 g/mol. The lowest BCUT2D eigenvalue weighted by atomic mass is 10.0. The second kappa shape index (κ2) is 6.18. The summed E-state index contributed by atoms with van der Waals surface area (Å²) in [5.74, 6) is 1.69. The Kier molecular flexibility index (Phi) is 3.80. The first kappa shape index (κ1) is 16.0. The van der Waals surface area contributed by atoms with Crippen molar-refractivity contribution >= 4 is 5.69 Å². The van der Waals surface area contributed by atoms with Crippen molar-refractivity contribution in [1.82, 2.24) is 4.90 Å². The van der Waals surface area contributed by atoms with Crippen LogP contribution in [0.25, 0.3) is 0 Å².